The molecule has 2 heteroatoms. The van der Waals surface area contributed by atoms with Crippen molar-refractivity contribution >= 4 is 0 Å². The number of rotatable bonds is 9. The molecule has 28 heavy (non-hydrogen) atoms. The summed E-state index contributed by atoms with van der Waals surface area (Å²) in [4.78, 5) is 0. The molecule has 0 heterocycles. The van der Waals surface area contributed by atoms with Gasteiger partial charge in [0.15, 0.2) is 0 Å². The average molecular weight is 387 g/mol. The van der Waals surface area contributed by atoms with E-state index >= 15 is 0 Å². The molecule has 0 bridgehead atoms. The Kier molecular flexibility index (Phi) is 8.89. The molecule has 0 radical (unpaired) electrons. The Morgan fingerprint density at radius 1 is 0.929 bits per heavy atom. The fourth-order valence-electron chi connectivity index (χ4n) is 5.44. The molecule has 2 aliphatic rings. The smallest absolute Gasteiger partial charge is 0.119 e. The summed E-state index contributed by atoms with van der Waals surface area (Å²) >= 11 is 0. The molecule has 2 fully saturated rings. The monoisotopic (exact) mass is 386 g/mol. The molecular formula is C26H39FO. The first-order chi connectivity index (χ1) is 13.8. The van der Waals surface area contributed by atoms with Gasteiger partial charge in [0.05, 0.1) is 12.9 Å². The molecule has 2 saturated carbocycles. The van der Waals surface area contributed by atoms with Gasteiger partial charge in [-0.1, -0.05) is 44.4 Å². The van der Waals surface area contributed by atoms with Gasteiger partial charge in [0.25, 0.3) is 0 Å². The third-order valence-corrected chi connectivity index (χ3v) is 7.28. The Labute approximate surface area is 171 Å². The summed E-state index contributed by atoms with van der Waals surface area (Å²) in [6.07, 6.45) is 17.8. The predicted molar refractivity (Wildman–Crippen MR) is 116 cm³/mol. The molecular weight excluding hydrogens is 347 g/mol. The fraction of sp³-hybridized carbons (Fsp3) is 0.692. The molecule has 1 nitrogen and oxygen atoms in total. The van der Waals surface area contributed by atoms with E-state index in [0.717, 1.165) is 48.9 Å². The normalized spacial score (nSPS) is 28.5. The van der Waals surface area contributed by atoms with Crippen LogP contribution in [0.3, 0.4) is 0 Å². The Morgan fingerprint density at radius 3 is 2.18 bits per heavy atom. The van der Waals surface area contributed by atoms with E-state index in [1.54, 1.807) is 6.08 Å². The SMILES string of the molecule is CCCCOc1ccc(C2CCC(C3CCC(CCC=CF)CC3)CC2)cc1. The zero-order valence-electron chi connectivity index (χ0n) is 17.8. The van der Waals surface area contributed by atoms with E-state index < -0.39 is 0 Å². The zero-order valence-corrected chi connectivity index (χ0v) is 17.8. The number of hydrogen-bond acceptors (Lipinski definition) is 1. The Morgan fingerprint density at radius 2 is 1.57 bits per heavy atom. The number of halogens is 1. The lowest BCUT2D eigenvalue weighted by Crippen LogP contribution is -2.25. The van der Waals surface area contributed by atoms with Crippen molar-refractivity contribution in [3.05, 3.63) is 42.2 Å². The van der Waals surface area contributed by atoms with Crippen LogP contribution in [-0.2, 0) is 0 Å². The number of hydrogen-bond donors (Lipinski definition) is 0. The lowest BCUT2D eigenvalue weighted by Gasteiger charge is -2.38. The number of ether oxygens (including phenoxy) is 1. The minimum Gasteiger partial charge on any atom is -0.494 e. The summed E-state index contributed by atoms with van der Waals surface area (Å²) in [6.45, 7) is 3.02. The maximum atomic E-state index is 12.1. The van der Waals surface area contributed by atoms with Gasteiger partial charge >= 0.3 is 0 Å². The molecule has 156 valence electrons. The Bertz CT molecular complexity index is 563. The van der Waals surface area contributed by atoms with Crippen LogP contribution in [0.1, 0.15) is 95.5 Å². The standard InChI is InChI=1S/C26H39FO/c1-2-3-20-28-26-17-15-25(16-18-26)24-13-11-23(12-14-24)22-9-7-21(8-10-22)6-4-5-19-27/h5,15-19,21-24H,2-4,6-14,20H2,1H3. The molecule has 2 aliphatic carbocycles. The lowest BCUT2D eigenvalue weighted by atomic mass is 9.68. The van der Waals surface area contributed by atoms with Crippen LogP contribution in [0.25, 0.3) is 0 Å². The van der Waals surface area contributed by atoms with Crippen molar-refractivity contribution in [3.8, 4) is 5.75 Å². The highest BCUT2D eigenvalue weighted by atomic mass is 19.1. The summed E-state index contributed by atoms with van der Waals surface area (Å²) in [7, 11) is 0. The molecule has 0 aromatic heterocycles. The van der Waals surface area contributed by atoms with Gasteiger partial charge in [0.2, 0.25) is 0 Å². The molecule has 0 aliphatic heterocycles. The second-order valence-electron chi connectivity index (χ2n) is 9.10. The van der Waals surface area contributed by atoms with E-state index in [2.05, 4.69) is 31.2 Å². The predicted octanol–water partition coefficient (Wildman–Crippen LogP) is 8.21. The van der Waals surface area contributed by atoms with Gasteiger partial charge in [-0.05, 0) is 99.2 Å². The molecule has 0 saturated heterocycles. The summed E-state index contributed by atoms with van der Waals surface area (Å²) < 4.78 is 17.9. The molecule has 1 aromatic rings. The van der Waals surface area contributed by atoms with Crippen LogP contribution in [0.15, 0.2) is 36.7 Å². The highest BCUT2D eigenvalue weighted by Gasteiger charge is 2.31. The molecule has 0 N–H and O–H groups in total. The number of benzene rings is 1. The summed E-state index contributed by atoms with van der Waals surface area (Å²) in [5.74, 6) is 4.49. The van der Waals surface area contributed by atoms with Gasteiger partial charge < -0.3 is 4.74 Å². The van der Waals surface area contributed by atoms with Gasteiger partial charge in [-0.25, -0.2) is 4.39 Å². The number of unbranched alkanes of at least 4 members (excludes halogenated alkanes) is 1. The lowest BCUT2D eigenvalue weighted by molar-refractivity contribution is 0.157. The van der Waals surface area contributed by atoms with Crippen LogP contribution in [0.4, 0.5) is 4.39 Å². The third kappa shape index (κ3) is 6.36. The van der Waals surface area contributed by atoms with Crippen molar-refractivity contribution in [3.63, 3.8) is 0 Å². The molecule has 0 atom stereocenters. The van der Waals surface area contributed by atoms with E-state index in [9.17, 15) is 4.39 Å². The summed E-state index contributed by atoms with van der Waals surface area (Å²) in [5.41, 5.74) is 1.51. The Balaban J connectivity index is 1.39. The average Bonchev–Trinajstić information content (AvgIpc) is 2.75. The second kappa shape index (κ2) is 11.6. The van der Waals surface area contributed by atoms with Crippen molar-refractivity contribution in [2.24, 2.45) is 17.8 Å². The van der Waals surface area contributed by atoms with Crippen LogP contribution in [0.2, 0.25) is 0 Å². The van der Waals surface area contributed by atoms with Crippen LogP contribution in [-0.4, -0.2) is 6.61 Å². The number of allylic oxidation sites excluding steroid dienone is 1. The van der Waals surface area contributed by atoms with Crippen LogP contribution in [0, 0.1) is 17.8 Å². The van der Waals surface area contributed by atoms with E-state index in [4.69, 9.17) is 4.74 Å². The van der Waals surface area contributed by atoms with Crippen molar-refractivity contribution in [1.82, 2.24) is 0 Å². The van der Waals surface area contributed by atoms with E-state index in [0.29, 0.717) is 6.33 Å². The highest BCUT2D eigenvalue weighted by Crippen LogP contribution is 2.44. The van der Waals surface area contributed by atoms with Gasteiger partial charge in [-0.15, -0.1) is 0 Å². The van der Waals surface area contributed by atoms with Gasteiger partial charge in [-0.3, -0.25) is 0 Å². The first kappa shape index (κ1) is 21.4. The molecule has 0 amide bonds. The third-order valence-electron chi connectivity index (χ3n) is 7.28. The first-order valence-corrected chi connectivity index (χ1v) is 11.8. The zero-order chi connectivity index (χ0) is 19.6. The molecule has 0 unspecified atom stereocenters. The maximum absolute atomic E-state index is 12.1. The van der Waals surface area contributed by atoms with Crippen molar-refractivity contribution in [2.75, 3.05) is 6.61 Å². The minimum atomic E-state index is 0.705. The van der Waals surface area contributed by atoms with Gasteiger partial charge in [0.1, 0.15) is 5.75 Å². The summed E-state index contributed by atoms with van der Waals surface area (Å²) in [5, 5.41) is 0. The van der Waals surface area contributed by atoms with Crippen molar-refractivity contribution in [2.45, 2.75) is 89.9 Å². The maximum Gasteiger partial charge on any atom is 0.119 e. The summed E-state index contributed by atoms with van der Waals surface area (Å²) in [6, 6.07) is 8.92. The van der Waals surface area contributed by atoms with E-state index in [1.807, 2.05) is 0 Å². The molecule has 3 rings (SSSR count). The van der Waals surface area contributed by atoms with Crippen LogP contribution < -0.4 is 4.74 Å². The van der Waals surface area contributed by atoms with Gasteiger partial charge in [0, 0.05) is 0 Å². The first-order valence-electron chi connectivity index (χ1n) is 11.8. The largest absolute Gasteiger partial charge is 0.494 e. The molecule has 1 aromatic carbocycles. The highest BCUT2D eigenvalue weighted by molar-refractivity contribution is 5.29. The van der Waals surface area contributed by atoms with Crippen molar-refractivity contribution in [1.29, 1.82) is 0 Å². The topological polar surface area (TPSA) is 9.23 Å². The molecule has 0 spiro atoms. The second-order valence-corrected chi connectivity index (χ2v) is 9.10. The van der Waals surface area contributed by atoms with Crippen LogP contribution >= 0.6 is 0 Å². The van der Waals surface area contributed by atoms with E-state index in [1.165, 1.54) is 69.8 Å². The quantitative estimate of drug-likeness (QED) is 0.388. The van der Waals surface area contributed by atoms with Crippen molar-refractivity contribution < 1.29 is 9.13 Å². The van der Waals surface area contributed by atoms with Gasteiger partial charge in [-0.2, -0.15) is 0 Å². The Hall–Kier alpha value is -1.31. The van der Waals surface area contributed by atoms with Crippen LogP contribution in [0.5, 0.6) is 5.75 Å². The minimum absolute atomic E-state index is 0.705. The fourth-order valence-corrected chi connectivity index (χ4v) is 5.44. The van der Waals surface area contributed by atoms with E-state index in [-0.39, 0.29) is 0 Å².